The molecule has 3 nitrogen and oxygen atoms in total. The first-order valence-electron chi connectivity index (χ1n) is 7.32. The summed E-state index contributed by atoms with van der Waals surface area (Å²) < 4.78 is 14.0. The normalized spacial score (nSPS) is 10.9. The minimum Gasteiger partial charge on any atom is -0.339 e. The molecule has 0 fully saturated rings. The summed E-state index contributed by atoms with van der Waals surface area (Å²) in [5.41, 5.74) is 2.50. The zero-order valence-electron chi connectivity index (χ0n) is 12.8. The van der Waals surface area contributed by atoms with Gasteiger partial charge in [-0.25, -0.2) is 4.39 Å². The molecule has 1 aromatic carbocycles. The number of hydrogen-bond acceptors (Lipinski definition) is 3. The van der Waals surface area contributed by atoms with Crippen LogP contribution in [0.1, 0.15) is 26.5 Å². The highest BCUT2D eigenvalue weighted by molar-refractivity contribution is 5.63. The van der Waals surface area contributed by atoms with Crippen LogP contribution in [0.3, 0.4) is 0 Å². The lowest BCUT2D eigenvalue weighted by molar-refractivity contribution is 0.581. The molecule has 2 rings (SSSR count). The molecular weight excluding hydrogens is 265 g/mol. The lowest BCUT2D eigenvalue weighted by Crippen LogP contribution is -2.23. The highest BCUT2D eigenvalue weighted by Gasteiger charge is 2.12. The molecule has 0 aliphatic carbocycles. The molecule has 0 aliphatic rings. The van der Waals surface area contributed by atoms with Gasteiger partial charge in [0.2, 0.25) is 0 Å². The van der Waals surface area contributed by atoms with Crippen molar-refractivity contribution in [2.24, 2.45) is 0 Å². The van der Waals surface area contributed by atoms with Gasteiger partial charge in [0.25, 0.3) is 0 Å². The highest BCUT2D eigenvalue weighted by Crippen LogP contribution is 2.27. The lowest BCUT2D eigenvalue weighted by Gasteiger charge is -2.24. The van der Waals surface area contributed by atoms with Crippen LogP contribution in [-0.4, -0.2) is 17.6 Å². The SMILES string of the molecule is CCN(c1ccnc(CNC(C)C)c1)c1ccccc1F. The smallest absolute Gasteiger partial charge is 0.146 e. The van der Waals surface area contributed by atoms with E-state index in [1.807, 2.05) is 30.0 Å². The molecule has 1 N–H and O–H groups in total. The van der Waals surface area contributed by atoms with Crippen molar-refractivity contribution >= 4 is 11.4 Å². The fourth-order valence-corrected chi connectivity index (χ4v) is 2.20. The van der Waals surface area contributed by atoms with E-state index in [0.717, 1.165) is 11.4 Å². The topological polar surface area (TPSA) is 28.2 Å². The molecule has 0 amide bonds. The van der Waals surface area contributed by atoms with Crippen molar-refractivity contribution < 1.29 is 4.39 Å². The van der Waals surface area contributed by atoms with Gasteiger partial charge >= 0.3 is 0 Å². The van der Waals surface area contributed by atoms with Gasteiger partial charge in [-0.2, -0.15) is 0 Å². The van der Waals surface area contributed by atoms with Gasteiger partial charge in [-0.15, -0.1) is 0 Å². The van der Waals surface area contributed by atoms with Crippen molar-refractivity contribution in [2.45, 2.75) is 33.4 Å². The number of nitrogens with zero attached hydrogens (tertiary/aromatic N) is 2. The van der Waals surface area contributed by atoms with Crippen molar-refractivity contribution in [1.82, 2.24) is 10.3 Å². The second-order valence-corrected chi connectivity index (χ2v) is 5.24. The second kappa shape index (κ2) is 7.18. The highest BCUT2D eigenvalue weighted by atomic mass is 19.1. The van der Waals surface area contributed by atoms with Gasteiger partial charge in [0.1, 0.15) is 5.82 Å². The quantitative estimate of drug-likeness (QED) is 0.874. The van der Waals surface area contributed by atoms with E-state index < -0.39 is 0 Å². The Bertz CT molecular complexity index is 584. The van der Waals surface area contributed by atoms with Crippen LogP contribution in [0, 0.1) is 5.82 Å². The maximum atomic E-state index is 14.0. The minimum atomic E-state index is -0.210. The Morgan fingerprint density at radius 1 is 1.24 bits per heavy atom. The van der Waals surface area contributed by atoms with Crippen LogP contribution >= 0.6 is 0 Å². The van der Waals surface area contributed by atoms with Gasteiger partial charge in [-0.3, -0.25) is 4.98 Å². The summed E-state index contributed by atoms with van der Waals surface area (Å²) in [6.07, 6.45) is 1.77. The van der Waals surface area contributed by atoms with Crippen LogP contribution < -0.4 is 10.2 Å². The summed E-state index contributed by atoms with van der Waals surface area (Å²) in [4.78, 5) is 6.32. The van der Waals surface area contributed by atoms with Gasteiger partial charge < -0.3 is 10.2 Å². The molecular formula is C17H22FN3. The number of pyridine rings is 1. The second-order valence-electron chi connectivity index (χ2n) is 5.24. The van der Waals surface area contributed by atoms with Crippen LogP contribution in [0.2, 0.25) is 0 Å². The molecule has 0 unspecified atom stereocenters. The number of para-hydroxylation sites is 1. The molecule has 112 valence electrons. The first-order valence-corrected chi connectivity index (χ1v) is 7.32. The molecule has 0 saturated carbocycles. The Kier molecular flexibility index (Phi) is 5.28. The summed E-state index contributed by atoms with van der Waals surface area (Å²) in [5.74, 6) is -0.210. The minimum absolute atomic E-state index is 0.210. The monoisotopic (exact) mass is 287 g/mol. The average molecular weight is 287 g/mol. The number of benzene rings is 1. The van der Waals surface area contributed by atoms with Crippen molar-refractivity contribution in [3.8, 4) is 0 Å². The Balaban J connectivity index is 2.26. The van der Waals surface area contributed by atoms with Crippen LogP contribution in [0.15, 0.2) is 42.6 Å². The molecule has 21 heavy (non-hydrogen) atoms. The fraction of sp³-hybridized carbons (Fsp3) is 0.353. The van der Waals surface area contributed by atoms with Gasteiger partial charge in [0, 0.05) is 31.0 Å². The molecule has 1 heterocycles. The van der Waals surface area contributed by atoms with E-state index in [4.69, 9.17) is 0 Å². The third-order valence-corrected chi connectivity index (χ3v) is 3.26. The Labute approximate surface area is 125 Å². The van der Waals surface area contributed by atoms with Gasteiger partial charge in [0.05, 0.1) is 11.4 Å². The molecule has 1 aromatic heterocycles. The van der Waals surface area contributed by atoms with E-state index in [1.165, 1.54) is 6.07 Å². The molecule has 0 radical (unpaired) electrons. The molecule has 2 aromatic rings. The first kappa shape index (κ1) is 15.4. The summed E-state index contributed by atoms with van der Waals surface area (Å²) >= 11 is 0. The van der Waals surface area contributed by atoms with E-state index in [0.29, 0.717) is 24.8 Å². The predicted octanol–water partition coefficient (Wildman–Crippen LogP) is 3.88. The standard InChI is InChI=1S/C17H22FN3/c1-4-21(17-8-6-5-7-16(17)18)15-9-10-19-14(11-15)12-20-13(2)3/h5-11,13,20H,4,12H2,1-3H3. The third kappa shape index (κ3) is 4.02. The third-order valence-electron chi connectivity index (χ3n) is 3.26. The summed E-state index contributed by atoms with van der Waals surface area (Å²) in [5, 5.41) is 3.34. The maximum absolute atomic E-state index is 14.0. The average Bonchev–Trinajstić information content (AvgIpc) is 2.48. The molecule has 0 aliphatic heterocycles. The molecule has 0 atom stereocenters. The summed E-state index contributed by atoms with van der Waals surface area (Å²) in [7, 11) is 0. The van der Waals surface area contributed by atoms with Gasteiger partial charge in [0.15, 0.2) is 0 Å². The molecule has 4 heteroatoms. The number of rotatable bonds is 6. The molecule has 0 saturated heterocycles. The summed E-state index contributed by atoms with van der Waals surface area (Å²) in [6.45, 7) is 7.62. The first-order chi connectivity index (χ1) is 10.1. The van der Waals surface area contributed by atoms with Crippen LogP contribution in [0.5, 0.6) is 0 Å². The summed E-state index contributed by atoms with van der Waals surface area (Å²) in [6, 6.07) is 11.2. The largest absolute Gasteiger partial charge is 0.339 e. The lowest BCUT2D eigenvalue weighted by atomic mass is 10.2. The van der Waals surface area contributed by atoms with Crippen LogP contribution in [0.4, 0.5) is 15.8 Å². The number of hydrogen-bond donors (Lipinski definition) is 1. The van der Waals surface area contributed by atoms with E-state index in [1.54, 1.807) is 18.3 Å². The van der Waals surface area contributed by atoms with E-state index in [-0.39, 0.29) is 5.82 Å². The Morgan fingerprint density at radius 3 is 2.67 bits per heavy atom. The molecule has 0 spiro atoms. The predicted molar refractivity (Wildman–Crippen MR) is 85.3 cm³/mol. The van der Waals surface area contributed by atoms with Gasteiger partial charge in [-0.05, 0) is 31.2 Å². The number of nitrogens with one attached hydrogen (secondary N) is 1. The zero-order valence-corrected chi connectivity index (χ0v) is 12.8. The number of halogens is 1. The number of anilines is 2. The van der Waals surface area contributed by atoms with Crippen molar-refractivity contribution in [2.75, 3.05) is 11.4 Å². The van der Waals surface area contributed by atoms with E-state index in [9.17, 15) is 4.39 Å². The van der Waals surface area contributed by atoms with Gasteiger partial charge in [-0.1, -0.05) is 26.0 Å². The van der Waals surface area contributed by atoms with Crippen LogP contribution in [0.25, 0.3) is 0 Å². The maximum Gasteiger partial charge on any atom is 0.146 e. The Hall–Kier alpha value is -1.94. The number of aromatic nitrogens is 1. The van der Waals surface area contributed by atoms with Crippen molar-refractivity contribution in [3.63, 3.8) is 0 Å². The van der Waals surface area contributed by atoms with Crippen molar-refractivity contribution in [1.29, 1.82) is 0 Å². The zero-order chi connectivity index (χ0) is 15.2. The van der Waals surface area contributed by atoms with Crippen LogP contribution in [-0.2, 0) is 6.54 Å². The van der Waals surface area contributed by atoms with Crippen molar-refractivity contribution in [3.05, 3.63) is 54.1 Å². The van der Waals surface area contributed by atoms with E-state index >= 15 is 0 Å². The molecule has 0 bridgehead atoms. The fourth-order valence-electron chi connectivity index (χ4n) is 2.20. The Morgan fingerprint density at radius 2 is 2.00 bits per heavy atom. The van der Waals surface area contributed by atoms with E-state index in [2.05, 4.69) is 24.1 Å².